The van der Waals surface area contributed by atoms with Crippen molar-refractivity contribution in [2.45, 2.75) is 0 Å². The minimum absolute atomic E-state index is 0.121. The molecule has 0 spiro atoms. The summed E-state index contributed by atoms with van der Waals surface area (Å²) in [5, 5.41) is -1.39. The van der Waals surface area contributed by atoms with Crippen LogP contribution in [0.25, 0.3) is 76.5 Å². The average molecular weight is 527 g/mol. The first-order chi connectivity index (χ1) is 28.2. The minimum atomic E-state index is -0.790. The highest BCUT2D eigenvalue weighted by molar-refractivity contribution is 6.24. The van der Waals surface area contributed by atoms with Crippen molar-refractivity contribution in [1.82, 2.24) is 0 Å². The van der Waals surface area contributed by atoms with Crippen LogP contribution in [-0.4, -0.2) is 0 Å². The zero-order valence-electron chi connectivity index (χ0n) is 40.5. The van der Waals surface area contributed by atoms with Gasteiger partial charge in [-0.1, -0.05) is 151 Å². The van der Waals surface area contributed by atoms with Gasteiger partial charge in [-0.25, -0.2) is 0 Å². The Morgan fingerprint density at radius 2 is 0.875 bits per heavy atom. The molecule has 0 N–H and O–H groups in total. The van der Waals surface area contributed by atoms with E-state index in [1.807, 2.05) is 0 Å². The molecule has 8 rings (SSSR count). The lowest BCUT2D eigenvalue weighted by molar-refractivity contribution is 1.65. The molecule has 0 saturated heterocycles. The largest absolute Gasteiger partial charge is 0.0636 e. The lowest BCUT2D eigenvalue weighted by atomic mass is 9.84. The second kappa shape index (κ2) is 9.22. The Balaban J connectivity index is 1.64. The highest BCUT2D eigenvalue weighted by Gasteiger charge is 2.18. The van der Waals surface area contributed by atoms with Crippen LogP contribution >= 0.6 is 0 Å². The lowest BCUT2D eigenvalue weighted by Gasteiger charge is -2.19. The van der Waals surface area contributed by atoms with Crippen molar-refractivity contribution in [3.05, 3.63) is 157 Å². The van der Waals surface area contributed by atoms with Crippen LogP contribution in [0.1, 0.15) is 27.4 Å². The standard InChI is InChI=1S/C40H26/c1-2-13-28(14-3-1)39-35-16-6-8-18-37(35)40(38-19-9-7-17-36(38)39)34-23-11-21-32-31(20-10-22-33(32)34)30-25-24-27-12-4-5-15-29(27)26-30/h1-26H/i1D,2D,3D,4D,5D,6D,7D,8D,9D,12D,13D,14D,15D,16D,17D,18D,19D,24D,25D,26D. The minimum Gasteiger partial charge on any atom is -0.0622 e. The molecule has 0 unspecified atom stereocenters. The normalized spacial score (nSPS) is 18.5. The summed E-state index contributed by atoms with van der Waals surface area (Å²) in [6, 6.07) is -4.30. The van der Waals surface area contributed by atoms with E-state index in [9.17, 15) is 6.85 Å². The Morgan fingerprint density at radius 1 is 0.350 bits per heavy atom. The van der Waals surface area contributed by atoms with Gasteiger partial charge in [0.25, 0.3) is 0 Å². The van der Waals surface area contributed by atoms with Crippen molar-refractivity contribution in [2.75, 3.05) is 0 Å². The van der Waals surface area contributed by atoms with Crippen molar-refractivity contribution >= 4 is 43.1 Å². The van der Waals surface area contributed by atoms with Crippen LogP contribution in [-0.2, 0) is 0 Å². The maximum Gasteiger partial charge on any atom is 0.0636 e. The maximum absolute atomic E-state index is 9.29. The summed E-state index contributed by atoms with van der Waals surface area (Å²) < 4.78 is 175. The topological polar surface area (TPSA) is 0 Å². The monoisotopic (exact) mass is 526 g/mol. The Bertz CT molecular complexity index is 3210. The Morgan fingerprint density at radius 3 is 1.55 bits per heavy atom. The van der Waals surface area contributed by atoms with Gasteiger partial charge in [0.05, 0.1) is 27.4 Å². The Labute approximate surface area is 261 Å². The van der Waals surface area contributed by atoms with Gasteiger partial charge in [0.15, 0.2) is 0 Å². The summed E-state index contributed by atoms with van der Waals surface area (Å²) in [7, 11) is 0. The molecule has 0 nitrogen and oxygen atoms in total. The van der Waals surface area contributed by atoms with E-state index in [2.05, 4.69) is 0 Å². The number of benzene rings is 8. The SMILES string of the molecule is [2H]c1c([2H])c([2H])c(-c2c3c([2H])c([2H])c([2H])c([2H])c3c(-c3cccc4c(-c5c([2H])c([2H])c6c([2H])c([2H])c([2H])c([2H])c6c5[2H])cccc34)c3c([2H])c([2H])c([2H])c([2H])c23)c([2H])c1[2H]. The molecule has 0 bridgehead atoms. The molecule has 8 aromatic rings. The van der Waals surface area contributed by atoms with Crippen LogP contribution in [0.15, 0.2) is 157 Å². The summed E-state index contributed by atoms with van der Waals surface area (Å²) in [5.74, 6) is 0. The van der Waals surface area contributed by atoms with Gasteiger partial charge < -0.3 is 0 Å². The highest BCUT2D eigenvalue weighted by Crippen LogP contribution is 2.46. The van der Waals surface area contributed by atoms with E-state index in [0.717, 1.165) is 0 Å². The molecule has 0 aliphatic heterocycles. The summed E-state index contributed by atoms with van der Waals surface area (Å²) in [6.07, 6.45) is 0. The number of hydrogen-bond donors (Lipinski definition) is 0. The van der Waals surface area contributed by atoms with Crippen LogP contribution in [0.5, 0.6) is 0 Å². The van der Waals surface area contributed by atoms with Crippen LogP contribution in [0.3, 0.4) is 0 Å². The van der Waals surface area contributed by atoms with Crippen LogP contribution in [0.4, 0.5) is 0 Å². The van der Waals surface area contributed by atoms with Crippen LogP contribution < -0.4 is 0 Å². The van der Waals surface area contributed by atoms with E-state index in [4.69, 9.17) is 20.6 Å². The molecule has 0 atom stereocenters. The Hall–Kier alpha value is -5.20. The highest BCUT2D eigenvalue weighted by atomic mass is 14.2. The van der Waals surface area contributed by atoms with Gasteiger partial charge in [0.1, 0.15) is 0 Å². The van der Waals surface area contributed by atoms with Crippen LogP contribution in [0.2, 0.25) is 0 Å². The lowest BCUT2D eigenvalue weighted by Crippen LogP contribution is -1.92. The van der Waals surface area contributed by atoms with Crippen molar-refractivity contribution in [3.63, 3.8) is 0 Å². The van der Waals surface area contributed by atoms with Crippen molar-refractivity contribution in [1.29, 1.82) is 0 Å². The quantitative estimate of drug-likeness (QED) is 0.201. The Kier molecular flexibility index (Phi) is 2.40. The molecule has 0 heterocycles. The fourth-order valence-corrected chi connectivity index (χ4v) is 5.18. The van der Waals surface area contributed by atoms with Crippen molar-refractivity contribution in [2.24, 2.45) is 0 Å². The number of fused-ring (bicyclic) bond motifs is 4. The van der Waals surface area contributed by atoms with E-state index >= 15 is 0 Å². The molecule has 0 aromatic heterocycles. The van der Waals surface area contributed by atoms with E-state index in [-0.39, 0.29) is 65.3 Å². The average Bonchev–Trinajstić information content (AvgIpc) is 3.23. The second-order valence-electron chi connectivity index (χ2n) is 8.96. The van der Waals surface area contributed by atoms with Gasteiger partial charge >= 0.3 is 0 Å². The van der Waals surface area contributed by atoms with Gasteiger partial charge in [-0.2, -0.15) is 0 Å². The third kappa shape index (κ3) is 3.54. The molecule has 186 valence electrons. The predicted molar refractivity (Wildman–Crippen MR) is 173 cm³/mol. The smallest absolute Gasteiger partial charge is 0.0622 e. The number of hydrogen-bond acceptors (Lipinski definition) is 0. The van der Waals surface area contributed by atoms with Gasteiger partial charge in [0, 0.05) is 0 Å². The molecular formula is C40H26. The molecule has 0 heteroatoms. The predicted octanol–water partition coefficient (Wildman–Crippen LogP) is 11.3. The first kappa shape index (κ1) is 10.4. The summed E-state index contributed by atoms with van der Waals surface area (Å²) >= 11 is 0. The van der Waals surface area contributed by atoms with Crippen molar-refractivity contribution < 1.29 is 27.4 Å². The molecule has 0 saturated carbocycles. The number of rotatable bonds is 3. The van der Waals surface area contributed by atoms with Crippen molar-refractivity contribution in [3.8, 4) is 33.4 Å². The van der Waals surface area contributed by atoms with E-state index in [1.165, 1.54) is 24.3 Å². The van der Waals surface area contributed by atoms with E-state index in [0.29, 0.717) is 0 Å². The van der Waals surface area contributed by atoms with Crippen LogP contribution in [0, 0.1) is 0 Å². The van der Waals surface area contributed by atoms with E-state index < -0.39 is 132 Å². The van der Waals surface area contributed by atoms with Gasteiger partial charge in [-0.3, -0.25) is 0 Å². The molecule has 0 amide bonds. The molecule has 40 heavy (non-hydrogen) atoms. The molecule has 0 aliphatic rings. The fourth-order valence-electron chi connectivity index (χ4n) is 5.18. The molecule has 8 aromatic carbocycles. The van der Waals surface area contributed by atoms with Gasteiger partial charge in [-0.15, -0.1) is 0 Å². The fraction of sp³-hybridized carbons (Fsp3) is 0. The first-order valence-electron chi connectivity index (χ1n) is 22.2. The zero-order valence-corrected chi connectivity index (χ0v) is 20.5. The summed E-state index contributed by atoms with van der Waals surface area (Å²) in [4.78, 5) is 0. The zero-order chi connectivity index (χ0) is 43.9. The van der Waals surface area contributed by atoms with Gasteiger partial charge in [0.2, 0.25) is 0 Å². The second-order valence-corrected chi connectivity index (χ2v) is 8.96. The third-order valence-electron chi connectivity index (χ3n) is 6.84. The molecular weight excluding hydrogens is 480 g/mol. The van der Waals surface area contributed by atoms with Gasteiger partial charge in [-0.05, 0) is 82.5 Å². The molecule has 0 aliphatic carbocycles. The summed E-state index contributed by atoms with van der Waals surface area (Å²) in [6.45, 7) is 0. The molecule has 0 radical (unpaired) electrons. The first-order valence-corrected chi connectivity index (χ1v) is 12.2. The summed E-state index contributed by atoms with van der Waals surface area (Å²) in [5.41, 5.74) is -0.954. The molecule has 0 fully saturated rings. The van der Waals surface area contributed by atoms with E-state index in [1.54, 1.807) is 12.1 Å². The maximum atomic E-state index is 9.29. The third-order valence-corrected chi connectivity index (χ3v) is 6.84.